The maximum Gasteiger partial charge on any atom is 0.155 e. The van der Waals surface area contributed by atoms with E-state index in [4.69, 9.17) is 25.4 Å². The number of nitriles is 1. The van der Waals surface area contributed by atoms with Crippen molar-refractivity contribution < 1.29 is 8.83 Å². The second-order valence-electron chi connectivity index (χ2n) is 17.1. The molecule has 10 aromatic carbocycles. The predicted octanol–water partition coefficient (Wildman–Crippen LogP) is 16.1. The lowest BCUT2D eigenvalue weighted by atomic mass is 9.87. The van der Waals surface area contributed by atoms with Crippen LogP contribution in [0.5, 0.6) is 0 Å². The van der Waals surface area contributed by atoms with E-state index < -0.39 is 0 Å². The van der Waals surface area contributed by atoms with Gasteiger partial charge in [-0.05, 0) is 96.5 Å². The third-order valence-corrected chi connectivity index (χ3v) is 13.4. The zero-order valence-electron chi connectivity index (χ0n) is 35.6. The van der Waals surface area contributed by atoms with Gasteiger partial charge in [-0.3, -0.25) is 4.99 Å². The first-order valence-corrected chi connectivity index (χ1v) is 22.2. The van der Waals surface area contributed by atoms with E-state index in [9.17, 15) is 5.26 Å². The molecule has 0 saturated carbocycles. The standard InChI is InChI=1S/C61H37N3O2/c1-36-32-53(63-61(37-14-3-2-4-15-37)64-60(36)39-29-30-46-43-18-6-5-16-41(43)42-17-7-8-19-44(42)51(46)33-39)47-23-11-22-45(52(47)35-62)50-24-13-27-56-59(50)58-40(21-12-26-55(58)66-56)38-28-31-49-48-20-9-10-25-54(48)65-57(49)34-38/h2-31,33-34,60H,1,32H2. The number of aliphatic imine (C=N–C) groups is 2. The van der Waals surface area contributed by atoms with Gasteiger partial charge in [-0.15, -0.1) is 0 Å². The molecule has 1 atom stereocenters. The molecule has 0 bridgehead atoms. The van der Waals surface area contributed by atoms with Crippen LogP contribution < -0.4 is 0 Å². The van der Waals surface area contributed by atoms with Crippen LogP contribution in [0.15, 0.2) is 225 Å². The summed E-state index contributed by atoms with van der Waals surface area (Å²) < 4.78 is 12.9. The second-order valence-corrected chi connectivity index (χ2v) is 17.1. The molecule has 12 aromatic rings. The van der Waals surface area contributed by atoms with Crippen LogP contribution in [0.25, 0.3) is 98.4 Å². The summed E-state index contributed by atoms with van der Waals surface area (Å²) in [4.78, 5) is 10.8. The molecule has 0 radical (unpaired) electrons. The van der Waals surface area contributed by atoms with Crippen molar-refractivity contribution in [2.45, 2.75) is 12.5 Å². The van der Waals surface area contributed by atoms with Crippen LogP contribution in [0.2, 0.25) is 0 Å². The van der Waals surface area contributed by atoms with Gasteiger partial charge in [0.2, 0.25) is 0 Å². The van der Waals surface area contributed by atoms with Crippen molar-refractivity contribution in [3.8, 4) is 28.3 Å². The molecule has 1 aliphatic heterocycles. The number of para-hydroxylation sites is 1. The van der Waals surface area contributed by atoms with Crippen molar-refractivity contribution in [1.29, 1.82) is 5.26 Å². The molecule has 2 aromatic heterocycles. The molecule has 5 heteroatoms. The maximum atomic E-state index is 11.2. The maximum absolute atomic E-state index is 11.2. The van der Waals surface area contributed by atoms with E-state index >= 15 is 0 Å². The molecule has 0 amide bonds. The van der Waals surface area contributed by atoms with E-state index in [1.165, 1.54) is 32.3 Å². The van der Waals surface area contributed by atoms with Gasteiger partial charge in [-0.1, -0.05) is 164 Å². The van der Waals surface area contributed by atoms with Gasteiger partial charge in [0, 0.05) is 44.7 Å². The number of hydrogen-bond acceptors (Lipinski definition) is 5. The molecule has 0 spiro atoms. The largest absolute Gasteiger partial charge is 0.456 e. The van der Waals surface area contributed by atoms with Crippen LogP contribution in [-0.4, -0.2) is 11.5 Å². The van der Waals surface area contributed by atoms with Crippen molar-refractivity contribution in [2.75, 3.05) is 0 Å². The SMILES string of the molecule is C=C1CC(c2cccc(-c3cccc4oc5cccc(-c6ccc7c(c6)oc6ccccc67)c5c34)c2C#N)=NC(c2ccccc2)=NC1c1ccc2c3ccccc3c3ccccc3c2c1. The summed E-state index contributed by atoms with van der Waals surface area (Å²) in [5.41, 5.74) is 11.8. The van der Waals surface area contributed by atoms with Crippen LogP contribution in [0.1, 0.15) is 34.7 Å². The van der Waals surface area contributed by atoms with Crippen LogP contribution in [0.3, 0.4) is 0 Å². The molecule has 0 fully saturated rings. The van der Waals surface area contributed by atoms with Gasteiger partial charge in [0.05, 0.1) is 17.3 Å². The van der Waals surface area contributed by atoms with Gasteiger partial charge in [0.1, 0.15) is 28.4 Å². The first kappa shape index (κ1) is 37.7. The minimum Gasteiger partial charge on any atom is -0.456 e. The second kappa shape index (κ2) is 14.9. The zero-order valence-corrected chi connectivity index (χ0v) is 35.6. The number of benzene rings is 10. The van der Waals surface area contributed by atoms with Gasteiger partial charge in [-0.2, -0.15) is 5.26 Å². The Hall–Kier alpha value is -8.85. The minimum absolute atomic E-state index is 0.381. The summed E-state index contributed by atoms with van der Waals surface area (Å²) in [6, 6.07) is 69.2. The molecule has 1 unspecified atom stereocenters. The zero-order chi connectivity index (χ0) is 43.9. The molecular formula is C61H37N3O2. The summed E-state index contributed by atoms with van der Waals surface area (Å²) in [5, 5.41) is 22.6. The summed E-state index contributed by atoms with van der Waals surface area (Å²) >= 11 is 0. The summed E-state index contributed by atoms with van der Waals surface area (Å²) in [6.07, 6.45) is 0.423. The summed E-state index contributed by atoms with van der Waals surface area (Å²) in [5.74, 6) is 0.598. The van der Waals surface area contributed by atoms with E-state index in [1.807, 2.05) is 91.0 Å². The Balaban J connectivity index is 0.952. The number of hydrogen-bond donors (Lipinski definition) is 0. The van der Waals surface area contributed by atoms with E-state index in [0.29, 0.717) is 17.8 Å². The first-order chi connectivity index (χ1) is 32.6. The summed E-state index contributed by atoms with van der Waals surface area (Å²) in [7, 11) is 0. The Bertz CT molecular complexity index is 4090. The van der Waals surface area contributed by atoms with Crippen LogP contribution in [0, 0.1) is 11.3 Å². The van der Waals surface area contributed by atoms with Crippen molar-refractivity contribution >= 4 is 87.7 Å². The topological polar surface area (TPSA) is 74.8 Å². The molecule has 1 aliphatic rings. The van der Waals surface area contributed by atoms with Gasteiger partial charge < -0.3 is 8.83 Å². The Morgan fingerprint density at radius 3 is 1.74 bits per heavy atom. The normalized spacial score (nSPS) is 14.3. The highest BCUT2D eigenvalue weighted by Crippen LogP contribution is 2.45. The Labute approximate surface area is 379 Å². The lowest BCUT2D eigenvalue weighted by Gasteiger charge is -2.18. The van der Waals surface area contributed by atoms with E-state index in [-0.39, 0.29) is 6.04 Å². The van der Waals surface area contributed by atoms with Crippen molar-refractivity contribution in [3.05, 3.63) is 229 Å². The molecule has 0 N–H and O–H groups in total. The van der Waals surface area contributed by atoms with Crippen molar-refractivity contribution in [1.82, 2.24) is 0 Å². The average Bonchev–Trinajstić information content (AvgIpc) is 3.90. The van der Waals surface area contributed by atoms with Gasteiger partial charge >= 0.3 is 0 Å². The molecule has 0 saturated heterocycles. The van der Waals surface area contributed by atoms with Gasteiger partial charge in [0.15, 0.2) is 5.84 Å². The van der Waals surface area contributed by atoms with Crippen LogP contribution >= 0.6 is 0 Å². The Kier molecular flexibility index (Phi) is 8.49. The average molecular weight is 844 g/mol. The quantitative estimate of drug-likeness (QED) is 0.128. The molecule has 0 aliphatic carbocycles. The van der Waals surface area contributed by atoms with Crippen LogP contribution in [-0.2, 0) is 0 Å². The Morgan fingerprint density at radius 2 is 1.00 bits per heavy atom. The number of amidine groups is 1. The van der Waals surface area contributed by atoms with E-state index in [1.54, 1.807) is 0 Å². The highest BCUT2D eigenvalue weighted by molar-refractivity contribution is 6.26. The third kappa shape index (κ3) is 5.86. The Morgan fingerprint density at radius 1 is 0.455 bits per heavy atom. The van der Waals surface area contributed by atoms with Gasteiger partial charge in [0.25, 0.3) is 0 Å². The fraction of sp³-hybridized carbons (Fsp3) is 0.0328. The lowest BCUT2D eigenvalue weighted by Crippen LogP contribution is -2.09. The molecule has 13 rings (SSSR count). The van der Waals surface area contributed by atoms with Crippen molar-refractivity contribution in [2.24, 2.45) is 9.98 Å². The van der Waals surface area contributed by atoms with Crippen molar-refractivity contribution in [3.63, 3.8) is 0 Å². The first-order valence-electron chi connectivity index (χ1n) is 22.2. The molecule has 5 nitrogen and oxygen atoms in total. The fourth-order valence-electron chi connectivity index (χ4n) is 10.4. The molecule has 66 heavy (non-hydrogen) atoms. The number of rotatable bonds is 5. The smallest absolute Gasteiger partial charge is 0.155 e. The van der Waals surface area contributed by atoms with Gasteiger partial charge in [-0.25, -0.2) is 4.99 Å². The lowest BCUT2D eigenvalue weighted by molar-refractivity contribution is 0.668. The summed E-state index contributed by atoms with van der Waals surface area (Å²) in [6.45, 7) is 4.71. The highest BCUT2D eigenvalue weighted by Gasteiger charge is 2.27. The van der Waals surface area contributed by atoms with E-state index in [0.717, 1.165) is 94.1 Å². The number of furan rings is 2. The molecular weight excluding hydrogens is 807 g/mol. The minimum atomic E-state index is -0.381. The number of fused-ring (bicyclic) bond motifs is 12. The predicted molar refractivity (Wildman–Crippen MR) is 272 cm³/mol. The molecule has 308 valence electrons. The number of nitrogens with zero attached hydrogens (tertiary/aromatic N) is 3. The third-order valence-electron chi connectivity index (χ3n) is 13.4. The molecule has 3 heterocycles. The van der Waals surface area contributed by atoms with Crippen LogP contribution in [0.4, 0.5) is 0 Å². The fourth-order valence-corrected chi connectivity index (χ4v) is 10.4. The highest BCUT2D eigenvalue weighted by atomic mass is 16.3. The van der Waals surface area contributed by atoms with E-state index in [2.05, 4.69) is 109 Å². The monoisotopic (exact) mass is 843 g/mol.